The number of ketones is 1. The number of Topliss-reactive ketones (excluding diaryl/α,β-unsaturated/α-hetero) is 1. The predicted molar refractivity (Wildman–Crippen MR) is 86.0 cm³/mol. The highest BCUT2D eigenvalue weighted by atomic mass is 32.2. The SMILES string of the molecule is Cc1ccc(C(=O)C(C)Sc2ncc3ccccn23)cc1. The van der Waals surface area contributed by atoms with E-state index >= 15 is 0 Å². The summed E-state index contributed by atoms with van der Waals surface area (Å²) in [4.78, 5) is 16.9. The summed E-state index contributed by atoms with van der Waals surface area (Å²) in [7, 11) is 0. The van der Waals surface area contributed by atoms with Crippen molar-refractivity contribution < 1.29 is 4.79 Å². The van der Waals surface area contributed by atoms with E-state index < -0.39 is 0 Å². The number of hydrogen-bond donors (Lipinski definition) is 0. The molecule has 0 N–H and O–H groups in total. The predicted octanol–water partition coefficient (Wildman–Crippen LogP) is 4.01. The van der Waals surface area contributed by atoms with Gasteiger partial charge in [-0.05, 0) is 26.0 Å². The number of benzene rings is 1. The standard InChI is InChI=1S/C17H16N2OS/c1-12-6-8-14(9-7-12)16(20)13(2)21-17-18-11-15-5-3-4-10-19(15)17/h3-11,13H,1-2H3. The number of aromatic nitrogens is 2. The molecule has 0 radical (unpaired) electrons. The lowest BCUT2D eigenvalue weighted by Crippen LogP contribution is -2.14. The minimum atomic E-state index is -0.168. The molecule has 1 unspecified atom stereocenters. The van der Waals surface area contributed by atoms with Gasteiger partial charge in [0.15, 0.2) is 10.9 Å². The van der Waals surface area contributed by atoms with E-state index in [1.807, 2.05) is 73.1 Å². The average molecular weight is 296 g/mol. The minimum Gasteiger partial charge on any atom is -0.295 e. The zero-order chi connectivity index (χ0) is 14.8. The number of rotatable bonds is 4. The maximum absolute atomic E-state index is 12.5. The Balaban J connectivity index is 1.81. The Morgan fingerprint density at radius 1 is 1.19 bits per heavy atom. The molecule has 3 aromatic rings. The molecule has 0 saturated carbocycles. The molecule has 2 heterocycles. The van der Waals surface area contributed by atoms with Gasteiger partial charge in [0.25, 0.3) is 0 Å². The quantitative estimate of drug-likeness (QED) is 0.539. The van der Waals surface area contributed by atoms with Crippen molar-refractivity contribution in [2.75, 3.05) is 0 Å². The fourth-order valence-electron chi connectivity index (χ4n) is 2.17. The molecule has 2 aromatic heterocycles. The number of aryl methyl sites for hydroxylation is 1. The van der Waals surface area contributed by atoms with Crippen LogP contribution in [0.1, 0.15) is 22.8 Å². The first-order valence-corrected chi connectivity index (χ1v) is 7.73. The molecule has 3 nitrogen and oxygen atoms in total. The summed E-state index contributed by atoms with van der Waals surface area (Å²) in [5.41, 5.74) is 2.95. The highest BCUT2D eigenvalue weighted by Crippen LogP contribution is 2.25. The maximum atomic E-state index is 12.5. The van der Waals surface area contributed by atoms with Crippen LogP contribution < -0.4 is 0 Å². The molecule has 0 aliphatic carbocycles. The smallest absolute Gasteiger partial charge is 0.175 e. The van der Waals surface area contributed by atoms with E-state index in [4.69, 9.17) is 0 Å². The Morgan fingerprint density at radius 2 is 1.95 bits per heavy atom. The van der Waals surface area contributed by atoms with Crippen LogP contribution in [-0.2, 0) is 0 Å². The number of pyridine rings is 1. The number of thioether (sulfide) groups is 1. The molecular formula is C17H16N2OS. The van der Waals surface area contributed by atoms with Gasteiger partial charge in [-0.25, -0.2) is 4.98 Å². The molecule has 3 rings (SSSR count). The van der Waals surface area contributed by atoms with Gasteiger partial charge in [0.2, 0.25) is 0 Å². The third kappa shape index (κ3) is 2.85. The van der Waals surface area contributed by atoms with Crippen LogP contribution in [0.15, 0.2) is 60.0 Å². The second-order valence-electron chi connectivity index (χ2n) is 5.03. The topological polar surface area (TPSA) is 34.4 Å². The van der Waals surface area contributed by atoms with Gasteiger partial charge in [-0.3, -0.25) is 9.20 Å². The minimum absolute atomic E-state index is 0.132. The molecular weight excluding hydrogens is 280 g/mol. The van der Waals surface area contributed by atoms with E-state index in [1.165, 1.54) is 11.8 Å². The van der Waals surface area contributed by atoms with Gasteiger partial charge in [0.05, 0.1) is 17.0 Å². The van der Waals surface area contributed by atoms with Crippen LogP contribution in [0.4, 0.5) is 0 Å². The Kier molecular flexibility index (Phi) is 3.80. The van der Waals surface area contributed by atoms with Crippen molar-refractivity contribution >= 4 is 23.1 Å². The first-order valence-electron chi connectivity index (χ1n) is 6.85. The van der Waals surface area contributed by atoms with Gasteiger partial charge < -0.3 is 0 Å². The van der Waals surface area contributed by atoms with Crippen LogP contribution in [0, 0.1) is 6.92 Å². The van der Waals surface area contributed by atoms with E-state index in [1.54, 1.807) is 0 Å². The number of imidazole rings is 1. The second-order valence-corrected chi connectivity index (χ2v) is 6.33. The number of nitrogens with zero attached hydrogens (tertiary/aromatic N) is 2. The first-order chi connectivity index (χ1) is 10.1. The van der Waals surface area contributed by atoms with E-state index in [0.29, 0.717) is 0 Å². The number of carbonyl (C=O) groups is 1. The largest absolute Gasteiger partial charge is 0.295 e. The Hall–Kier alpha value is -2.07. The fraction of sp³-hybridized carbons (Fsp3) is 0.176. The van der Waals surface area contributed by atoms with Gasteiger partial charge in [-0.2, -0.15) is 0 Å². The highest BCUT2D eigenvalue weighted by Gasteiger charge is 2.18. The van der Waals surface area contributed by atoms with Crippen molar-refractivity contribution in [2.24, 2.45) is 0 Å². The van der Waals surface area contributed by atoms with E-state index in [9.17, 15) is 4.79 Å². The van der Waals surface area contributed by atoms with E-state index in [-0.39, 0.29) is 11.0 Å². The Bertz CT molecular complexity index is 777. The highest BCUT2D eigenvalue weighted by molar-refractivity contribution is 8.00. The molecule has 21 heavy (non-hydrogen) atoms. The number of carbonyl (C=O) groups excluding carboxylic acids is 1. The summed E-state index contributed by atoms with van der Waals surface area (Å²) in [5, 5.41) is 0.678. The van der Waals surface area contributed by atoms with Crippen molar-refractivity contribution in [1.29, 1.82) is 0 Å². The molecule has 1 atom stereocenters. The average Bonchev–Trinajstić information content (AvgIpc) is 2.91. The van der Waals surface area contributed by atoms with Crippen LogP contribution >= 0.6 is 11.8 Å². The van der Waals surface area contributed by atoms with Gasteiger partial charge >= 0.3 is 0 Å². The Morgan fingerprint density at radius 3 is 2.71 bits per heavy atom. The third-order valence-electron chi connectivity index (χ3n) is 3.39. The molecule has 0 saturated heterocycles. The zero-order valence-corrected chi connectivity index (χ0v) is 12.8. The molecule has 0 bridgehead atoms. The zero-order valence-electron chi connectivity index (χ0n) is 12.0. The maximum Gasteiger partial charge on any atom is 0.175 e. The number of hydrogen-bond acceptors (Lipinski definition) is 3. The lowest BCUT2D eigenvalue weighted by atomic mass is 10.1. The summed E-state index contributed by atoms with van der Waals surface area (Å²) in [6.07, 6.45) is 3.79. The van der Waals surface area contributed by atoms with Crippen molar-refractivity contribution in [3.05, 3.63) is 66.0 Å². The molecule has 106 valence electrons. The summed E-state index contributed by atoms with van der Waals surface area (Å²) in [5.74, 6) is 0.132. The Labute approximate surface area is 128 Å². The summed E-state index contributed by atoms with van der Waals surface area (Å²) >= 11 is 1.49. The van der Waals surface area contributed by atoms with Crippen LogP contribution in [0.25, 0.3) is 5.52 Å². The molecule has 0 aliphatic heterocycles. The first kappa shape index (κ1) is 13.9. The van der Waals surface area contributed by atoms with Gasteiger partial charge in [-0.15, -0.1) is 0 Å². The summed E-state index contributed by atoms with van der Waals surface area (Å²) in [6.45, 7) is 3.94. The fourth-order valence-corrected chi connectivity index (χ4v) is 3.12. The van der Waals surface area contributed by atoms with E-state index in [2.05, 4.69) is 4.98 Å². The van der Waals surface area contributed by atoms with Gasteiger partial charge in [-0.1, -0.05) is 47.7 Å². The van der Waals surface area contributed by atoms with Crippen LogP contribution in [-0.4, -0.2) is 20.4 Å². The molecule has 0 spiro atoms. The molecule has 0 aliphatic rings. The molecule has 1 aromatic carbocycles. The second kappa shape index (κ2) is 5.74. The molecule has 4 heteroatoms. The lowest BCUT2D eigenvalue weighted by molar-refractivity contribution is 0.0994. The summed E-state index contributed by atoms with van der Waals surface area (Å²) in [6, 6.07) is 13.7. The molecule has 0 fully saturated rings. The van der Waals surface area contributed by atoms with Gasteiger partial charge in [0.1, 0.15) is 0 Å². The monoisotopic (exact) mass is 296 g/mol. The van der Waals surface area contributed by atoms with Crippen molar-refractivity contribution in [2.45, 2.75) is 24.3 Å². The van der Waals surface area contributed by atoms with Crippen molar-refractivity contribution in [1.82, 2.24) is 9.38 Å². The third-order valence-corrected chi connectivity index (χ3v) is 4.47. The number of fused-ring (bicyclic) bond motifs is 1. The van der Waals surface area contributed by atoms with Crippen LogP contribution in [0.3, 0.4) is 0 Å². The lowest BCUT2D eigenvalue weighted by Gasteiger charge is -2.09. The van der Waals surface area contributed by atoms with Crippen molar-refractivity contribution in [3.63, 3.8) is 0 Å². The van der Waals surface area contributed by atoms with Gasteiger partial charge in [0, 0.05) is 11.8 Å². The normalized spacial score (nSPS) is 12.5. The van der Waals surface area contributed by atoms with Crippen LogP contribution in [0.5, 0.6) is 0 Å². The van der Waals surface area contributed by atoms with Crippen LogP contribution in [0.2, 0.25) is 0 Å². The van der Waals surface area contributed by atoms with E-state index in [0.717, 1.165) is 21.8 Å². The van der Waals surface area contributed by atoms with Crippen molar-refractivity contribution in [3.8, 4) is 0 Å². The summed E-state index contributed by atoms with van der Waals surface area (Å²) < 4.78 is 2.00. The molecule has 0 amide bonds.